The minimum Gasteiger partial charge on any atom is -0.494 e. The fourth-order valence-corrected chi connectivity index (χ4v) is 4.29. The summed E-state index contributed by atoms with van der Waals surface area (Å²) < 4.78 is 11.1. The zero-order valence-corrected chi connectivity index (χ0v) is 21.2. The highest BCUT2D eigenvalue weighted by Crippen LogP contribution is 2.36. The largest absolute Gasteiger partial charge is 0.494 e. The van der Waals surface area contributed by atoms with Gasteiger partial charge in [0, 0.05) is 10.6 Å². The molecule has 0 saturated carbocycles. The normalized spacial score (nSPS) is 14.7. The lowest BCUT2D eigenvalue weighted by molar-refractivity contribution is -0.122. The number of urea groups is 1. The van der Waals surface area contributed by atoms with E-state index in [1.165, 1.54) is 18.2 Å². The van der Waals surface area contributed by atoms with Crippen LogP contribution in [0, 0.1) is 0 Å². The second-order valence-electron chi connectivity index (χ2n) is 7.58. The standard InChI is InChI=1S/C26H19Cl3N2O5/c1-2-35-18-9-7-17(8-10-18)31-25(33)19(24(32)30-26(31)34)11-15-12-21(28)23(22(29)13-15)36-14-16-5-3-4-6-20(16)27/h3-13H,2,14H2,1H3,(H,30,32,34)/b19-11+. The van der Waals surface area contributed by atoms with E-state index in [0.717, 1.165) is 10.5 Å². The number of nitrogens with zero attached hydrogens (tertiary/aromatic N) is 1. The van der Waals surface area contributed by atoms with Crippen molar-refractivity contribution in [3.05, 3.63) is 92.4 Å². The Labute approximate surface area is 222 Å². The third kappa shape index (κ3) is 5.49. The molecule has 7 nitrogen and oxygen atoms in total. The van der Waals surface area contributed by atoms with E-state index in [4.69, 9.17) is 44.3 Å². The van der Waals surface area contributed by atoms with Gasteiger partial charge in [0.2, 0.25) is 0 Å². The molecule has 1 heterocycles. The Morgan fingerprint density at radius 1 is 0.889 bits per heavy atom. The van der Waals surface area contributed by atoms with Crippen LogP contribution in [0.3, 0.4) is 0 Å². The zero-order chi connectivity index (χ0) is 25.8. The van der Waals surface area contributed by atoms with E-state index in [2.05, 4.69) is 5.32 Å². The van der Waals surface area contributed by atoms with Gasteiger partial charge >= 0.3 is 6.03 Å². The molecular weight excluding hydrogens is 527 g/mol. The number of carbonyl (C=O) groups excluding carboxylic acids is 3. The Kier molecular flexibility index (Phi) is 7.84. The summed E-state index contributed by atoms with van der Waals surface area (Å²) in [7, 11) is 0. The van der Waals surface area contributed by atoms with Crippen molar-refractivity contribution in [1.29, 1.82) is 0 Å². The van der Waals surface area contributed by atoms with Gasteiger partial charge < -0.3 is 9.47 Å². The van der Waals surface area contributed by atoms with Crippen LogP contribution in [0.15, 0.2) is 66.2 Å². The lowest BCUT2D eigenvalue weighted by Gasteiger charge is -2.26. The van der Waals surface area contributed by atoms with E-state index < -0.39 is 17.8 Å². The predicted octanol–water partition coefficient (Wildman–Crippen LogP) is 6.29. The average Bonchev–Trinajstić information content (AvgIpc) is 2.83. The summed E-state index contributed by atoms with van der Waals surface area (Å²) in [6, 6.07) is 15.7. The number of amides is 4. The molecule has 36 heavy (non-hydrogen) atoms. The number of hydrogen-bond acceptors (Lipinski definition) is 5. The van der Waals surface area contributed by atoms with Crippen molar-refractivity contribution >= 4 is 64.4 Å². The number of anilines is 1. The topological polar surface area (TPSA) is 84.9 Å². The predicted molar refractivity (Wildman–Crippen MR) is 139 cm³/mol. The number of rotatable bonds is 7. The highest BCUT2D eigenvalue weighted by atomic mass is 35.5. The quantitative estimate of drug-likeness (QED) is 0.279. The molecule has 1 fully saturated rings. The number of nitrogens with one attached hydrogen (secondary N) is 1. The van der Waals surface area contributed by atoms with Crippen molar-refractivity contribution in [3.63, 3.8) is 0 Å². The number of barbiturate groups is 1. The van der Waals surface area contributed by atoms with E-state index in [0.29, 0.717) is 22.9 Å². The summed E-state index contributed by atoms with van der Waals surface area (Å²) in [5.41, 5.74) is 1.13. The Hall–Kier alpha value is -3.52. The fourth-order valence-electron chi connectivity index (χ4n) is 3.48. The molecule has 4 amide bonds. The molecule has 3 aromatic carbocycles. The van der Waals surface area contributed by atoms with Crippen molar-refractivity contribution in [1.82, 2.24) is 5.32 Å². The summed E-state index contributed by atoms with van der Waals surface area (Å²) in [4.78, 5) is 38.9. The second-order valence-corrected chi connectivity index (χ2v) is 8.80. The van der Waals surface area contributed by atoms with E-state index >= 15 is 0 Å². The first-order chi connectivity index (χ1) is 17.3. The van der Waals surface area contributed by atoms with Crippen molar-refractivity contribution in [3.8, 4) is 11.5 Å². The Morgan fingerprint density at radius 2 is 1.56 bits per heavy atom. The molecule has 4 rings (SSSR count). The molecule has 1 aliphatic rings. The van der Waals surface area contributed by atoms with Gasteiger partial charge in [0.25, 0.3) is 11.8 Å². The van der Waals surface area contributed by atoms with Crippen LogP contribution in [0.2, 0.25) is 15.1 Å². The van der Waals surface area contributed by atoms with E-state index in [9.17, 15) is 14.4 Å². The van der Waals surface area contributed by atoms with Crippen LogP contribution in [0.5, 0.6) is 11.5 Å². The van der Waals surface area contributed by atoms with Crippen LogP contribution in [-0.2, 0) is 16.2 Å². The van der Waals surface area contributed by atoms with E-state index in [-0.39, 0.29) is 33.7 Å². The van der Waals surface area contributed by atoms with Crippen LogP contribution in [0.25, 0.3) is 6.08 Å². The first-order valence-electron chi connectivity index (χ1n) is 10.8. The molecular formula is C26H19Cl3N2O5. The molecule has 0 atom stereocenters. The molecule has 3 aromatic rings. The van der Waals surface area contributed by atoms with Gasteiger partial charge in [-0.05, 0) is 61.0 Å². The average molecular weight is 546 g/mol. The third-order valence-corrected chi connectivity index (χ3v) is 6.10. The lowest BCUT2D eigenvalue weighted by atomic mass is 10.1. The highest BCUT2D eigenvalue weighted by molar-refractivity contribution is 6.40. The monoisotopic (exact) mass is 544 g/mol. The summed E-state index contributed by atoms with van der Waals surface area (Å²) in [6.07, 6.45) is 1.31. The third-order valence-electron chi connectivity index (χ3n) is 5.17. The number of halogens is 3. The Morgan fingerprint density at radius 3 is 2.19 bits per heavy atom. The van der Waals surface area contributed by atoms with Gasteiger partial charge in [-0.3, -0.25) is 14.9 Å². The molecule has 10 heteroatoms. The number of imide groups is 2. The van der Waals surface area contributed by atoms with Crippen molar-refractivity contribution in [2.45, 2.75) is 13.5 Å². The molecule has 0 aliphatic carbocycles. The van der Waals surface area contributed by atoms with Crippen LogP contribution >= 0.6 is 34.8 Å². The van der Waals surface area contributed by atoms with Gasteiger partial charge in [0.05, 0.1) is 22.3 Å². The second kappa shape index (κ2) is 11.0. The maximum absolute atomic E-state index is 13.1. The van der Waals surface area contributed by atoms with Crippen LogP contribution in [-0.4, -0.2) is 24.5 Å². The number of carbonyl (C=O) groups is 3. The molecule has 0 radical (unpaired) electrons. The SMILES string of the molecule is CCOc1ccc(N2C(=O)NC(=O)/C(=C\c3cc(Cl)c(OCc4ccccc4Cl)c(Cl)c3)C2=O)cc1. The summed E-state index contributed by atoms with van der Waals surface area (Å²) in [5.74, 6) is -0.817. The molecule has 0 spiro atoms. The van der Waals surface area contributed by atoms with Gasteiger partial charge in [-0.2, -0.15) is 0 Å². The van der Waals surface area contributed by atoms with Gasteiger partial charge in [-0.25, -0.2) is 9.69 Å². The molecule has 1 aliphatic heterocycles. The van der Waals surface area contributed by atoms with E-state index in [1.54, 1.807) is 36.4 Å². The number of benzene rings is 3. The molecule has 1 N–H and O–H groups in total. The Balaban J connectivity index is 1.59. The molecule has 0 unspecified atom stereocenters. The number of ether oxygens (including phenoxy) is 2. The molecule has 184 valence electrons. The van der Waals surface area contributed by atoms with Gasteiger partial charge in [-0.1, -0.05) is 53.0 Å². The first kappa shape index (κ1) is 25.6. The molecule has 0 aromatic heterocycles. The summed E-state index contributed by atoms with van der Waals surface area (Å²) in [5, 5.41) is 3.06. The maximum Gasteiger partial charge on any atom is 0.335 e. The van der Waals surface area contributed by atoms with E-state index in [1.807, 2.05) is 19.1 Å². The lowest BCUT2D eigenvalue weighted by Crippen LogP contribution is -2.54. The fraction of sp³-hybridized carbons (Fsp3) is 0.115. The highest BCUT2D eigenvalue weighted by Gasteiger charge is 2.36. The van der Waals surface area contributed by atoms with Gasteiger partial charge in [-0.15, -0.1) is 0 Å². The van der Waals surface area contributed by atoms with Gasteiger partial charge in [0.15, 0.2) is 5.75 Å². The van der Waals surface area contributed by atoms with Crippen LogP contribution < -0.4 is 19.7 Å². The summed E-state index contributed by atoms with van der Waals surface area (Å²) >= 11 is 18.9. The smallest absolute Gasteiger partial charge is 0.335 e. The zero-order valence-electron chi connectivity index (χ0n) is 18.9. The van der Waals surface area contributed by atoms with Crippen LogP contribution in [0.1, 0.15) is 18.1 Å². The Bertz CT molecular complexity index is 1350. The van der Waals surface area contributed by atoms with Crippen molar-refractivity contribution in [2.24, 2.45) is 0 Å². The van der Waals surface area contributed by atoms with Crippen molar-refractivity contribution in [2.75, 3.05) is 11.5 Å². The molecule has 1 saturated heterocycles. The molecule has 0 bridgehead atoms. The summed E-state index contributed by atoms with van der Waals surface area (Å²) in [6.45, 7) is 2.45. The van der Waals surface area contributed by atoms with Gasteiger partial charge in [0.1, 0.15) is 17.9 Å². The maximum atomic E-state index is 13.1. The minimum absolute atomic E-state index is 0.138. The van der Waals surface area contributed by atoms with Crippen molar-refractivity contribution < 1.29 is 23.9 Å². The first-order valence-corrected chi connectivity index (χ1v) is 11.9. The minimum atomic E-state index is -0.856. The number of hydrogen-bond donors (Lipinski definition) is 1. The van der Waals surface area contributed by atoms with Crippen LogP contribution in [0.4, 0.5) is 10.5 Å².